The largest absolute Gasteiger partial charge is 0.496 e. The van der Waals surface area contributed by atoms with Gasteiger partial charge in [-0.05, 0) is 25.1 Å². The lowest BCUT2D eigenvalue weighted by Gasteiger charge is -2.10. The summed E-state index contributed by atoms with van der Waals surface area (Å²) in [4.78, 5) is 0. The van der Waals surface area contributed by atoms with Crippen LogP contribution in [0.3, 0.4) is 0 Å². The van der Waals surface area contributed by atoms with Crippen LogP contribution in [0.2, 0.25) is 0 Å². The average Bonchev–Trinajstić information content (AvgIpc) is 2.26. The van der Waals surface area contributed by atoms with Crippen LogP contribution in [0.25, 0.3) is 0 Å². The zero-order chi connectivity index (χ0) is 11.3. The Morgan fingerprint density at radius 3 is 2.93 bits per heavy atom. The number of ether oxygens (including phenoxy) is 1. The van der Waals surface area contributed by atoms with Crippen molar-refractivity contribution < 1.29 is 4.74 Å². The van der Waals surface area contributed by atoms with E-state index in [4.69, 9.17) is 10.00 Å². The predicted octanol–water partition coefficient (Wildman–Crippen LogP) is 2.46. The van der Waals surface area contributed by atoms with Gasteiger partial charge in [-0.25, -0.2) is 0 Å². The Labute approximate surface area is 98.2 Å². The molecule has 80 valence electrons. The van der Waals surface area contributed by atoms with Crippen LogP contribution >= 0.6 is 15.9 Å². The van der Waals surface area contributed by atoms with Gasteiger partial charge in [0.1, 0.15) is 5.75 Å². The van der Waals surface area contributed by atoms with E-state index in [2.05, 4.69) is 27.3 Å². The van der Waals surface area contributed by atoms with E-state index in [9.17, 15) is 0 Å². The highest BCUT2D eigenvalue weighted by Gasteiger charge is 2.05. The van der Waals surface area contributed by atoms with Crippen molar-refractivity contribution in [3.63, 3.8) is 0 Å². The standard InChI is InChI=1S/C11H13BrN2O/c1-8(6-13)14-7-9-5-10(12)3-4-11(9)15-2/h3-5,8,14H,7H2,1-2H3. The zero-order valence-electron chi connectivity index (χ0n) is 8.75. The first-order chi connectivity index (χ1) is 7.17. The third-order valence-electron chi connectivity index (χ3n) is 2.03. The molecule has 0 amide bonds. The minimum Gasteiger partial charge on any atom is -0.496 e. The SMILES string of the molecule is COc1ccc(Br)cc1CNC(C)C#N. The minimum atomic E-state index is -0.159. The van der Waals surface area contributed by atoms with Crippen LogP contribution in [-0.2, 0) is 6.54 Å². The van der Waals surface area contributed by atoms with E-state index in [-0.39, 0.29) is 6.04 Å². The van der Waals surface area contributed by atoms with Gasteiger partial charge in [-0.3, -0.25) is 5.32 Å². The summed E-state index contributed by atoms with van der Waals surface area (Å²) in [7, 11) is 1.64. The highest BCUT2D eigenvalue weighted by atomic mass is 79.9. The molecule has 0 aliphatic carbocycles. The lowest BCUT2D eigenvalue weighted by molar-refractivity contribution is 0.407. The fraction of sp³-hybridized carbons (Fsp3) is 0.364. The summed E-state index contributed by atoms with van der Waals surface area (Å²) in [5.41, 5.74) is 1.04. The number of hydrogen-bond donors (Lipinski definition) is 1. The fourth-order valence-electron chi connectivity index (χ4n) is 1.19. The molecule has 0 aliphatic heterocycles. The summed E-state index contributed by atoms with van der Waals surface area (Å²) in [5, 5.41) is 11.7. The molecule has 0 radical (unpaired) electrons. The molecular formula is C11H13BrN2O. The number of halogens is 1. The van der Waals surface area contributed by atoms with Gasteiger partial charge in [0.05, 0.1) is 19.2 Å². The van der Waals surface area contributed by atoms with E-state index >= 15 is 0 Å². The van der Waals surface area contributed by atoms with E-state index in [1.165, 1.54) is 0 Å². The van der Waals surface area contributed by atoms with Crippen molar-refractivity contribution in [1.29, 1.82) is 5.26 Å². The maximum atomic E-state index is 8.64. The smallest absolute Gasteiger partial charge is 0.123 e. The van der Waals surface area contributed by atoms with E-state index in [1.807, 2.05) is 25.1 Å². The molecule has 0 bridgehead atoms. The van der Waals surface area contributed by atoms with Crippen LogP contribution in [0.15, 0.2) is 22.7 Å². The molecule has 1 rings (SSSR count). The maximum Gasteiger partial charge on any atom is 0.123 e. The molecule has 0 spiro atoms. The Hall–Kier alpha value is -1.05. The monoisotopic (exact) mass is 268 g/mol. The minimum absolute atomic E-state index is 0.159. The zero-order valence-corrected chi connectivity index (χ0v) is 10.3. The van der Waals surface area contributed by atoms with Gasteiger partial charge in [-0.1, -0.05) is 15.9 Å². The number of hydrogen-bond acceptors (Lipinski definition) is 3. The lowest BCUT2D eigenvalue weighted by atomic mass is 10.2. The van der Waals surface area contributed by atoms with Gasteiger partial charge >= 0.3 is 0 Å². The van der Waals surface area contributed by atoms with Gasteiger partial charge in [-0.2, -0.15) is 5.26 Å². The topological polar surface area (TPSA) is 45.0 Å². The summed E-state index contributed by atoms with van der Waals surface area (Å²) in [6.07, 6.45) is 0. The molecule has 0 fully saturated rings. The van der Waals surface area contributed by atoms with Crippen molar-refractivity contribution in [2.24, 2.45) is 0 Å². The molecular weight excluding hydrogens is 256 g/mol. The van der Waals surface area contributed by atoms with E-state index < -0.39 is 0 Å². The molecule has 0 saturated heterocycles. The molecule has 1 atom stereocenters. The van der Waals surface area contributed by atoms with Gasteiger partial charge < -0.3 is 4.74 Å². The van der Waals surface area contributed by atoms with Crippen molar-refractivity contribution in [3.8, 4) is 11.8 Å². The highest BCUT2D eigenvalue weighted by Crippen LogP contribution is 2.22. The Morgan fingerprint density at radius 1 is 1.60 bits per heavy atom. The van der Waals surface area contributed by atoms with Gasteiger partial charge in [0.15, 0.2) is 0 Å². The van der Waals surface area contributed by atoms with Gasteiger partial charge in [-0.15, -0.1) is 0 Å². The summed E-state index contributed by atoms with van der Waals surface area (Å²) in [6, 6.07) is 7.77. The van der Waals surface area contributed by atoms with E-state index in [1.54, 1.807) is 7.11 Å². The summed E-state index contributed by atoms with van der Waals surface area (Å²) >= 11 is 3.40. The molecule has 1 unspecified atom stereocenters. The first kappa shape index (κ1) is 12.0. The highest BCUT2D eigenvalue weighted by molar-refractivity contribution is 9.10. The Kier molecular flexibility index (Phi) is 4.60. The van der Waals surface area contributed by atoms with Crippen molar-refractivity contribution in [2.75, 3.05) is 7.11 Å². The van der Waals surface area contributed by atoms with Crippen LogP contribution < -0.4 is 10.1 Å². The van der Waals surface area contributed by atoms with Gasteiger partial charge in [0.25, 0.3) is 0 Å². The molecule has 3 nitrogen and oxygen atoms in total. The summed E-state index contributed by atoms with van der Waals surface area (Å²) < 4.78 is 6.23. The molecule has 0 aromatic heterocycles. The Bertz CT molecular complexity index is 373. The molecule has 15 heavy (non-hydrogen) atoms. The second-order valence-electron chi connectivity index (χ2n) is 3.19. The van der Waals surface area contributed by atoms with E-state index in [0.29, 0.717) is 6.54 Å². The van der Waals surface area contributed by atoms with Crippen molar-refractivity contribution >= 4 is 15.9 Å². The number of nitriles is 1. The predicted molar refractivity (Wildman–Crippen MR) is 62.6 cm³/mol. The van der Waals surface area contributed by atoms with Crippen LogP contribution in [0.4, 0.5) is 0 Å². The summed E-state index contributed by atoms with van der Waals surface area (Å²) in [6.45, 7) is 2.45. The van der Waals surface area contributed by atoms with Crippen molar-refractivity contribution in [3.05, 3.63) is 28.2 Å². The molecule has 1 aromatic carbocycles. The first-order valence-electron chi connectivity index (χ1n) is 4.62. The van der Waals surface area contributed by atoms with Crippen LogP contribution in [-0.4, -0.2) is 13.2 Å². The lowest BCUT2D eigenvalue weighted by Crippen LogP contribution is -2.23. The van der Waals surface area contributed by atoms with Gasteiger partial charge in [0.2, 0.25) is 0 Å². The first-order valence-corrected chi connectivity index (χ1v) is 5.42. The Morgan fingerprint density at radius 2 is 2.33 bits per heavy atom. The molecule has 0 saturated carbocycles. The third kappa shape index (κ3) is 3.54. The normalized spacial score (nSPS) is 11.9. The average molecular weight is 269 g/mol. The number of rotatable bonds is 4. The summed E-state index contributed by atoms with van der Waals surface area (Å²) in [5.74, 6) is 0.829. The van der Waals surface area contributed by atoms with Crippen LogP contribution in [0.5, 0.6) is 5.75 Å². The number of benzene rings is 1. The Balaban J connectivity index is 2.75. The van der Waals surface area contributed by atoms with Crippen molar-refractivity contribution in [1.82, 2.24) is 5.32 Å². The van der Waals surface area contributed by atoms with Crippen molar-refractivity contribution in [2.45, 2.75) is 19.5 Å². The van der Waals surface area contributed by atoms with E-state index in [0.717, 1.165) is 15.8 Å². The van der Waals surface area contributed by atoms with Crippen LogP contribution in [0.1, 0.15) is 12.5 Å². The fourth-order valence-corrected chi connectivity index (χ4v) is 1.60. The van der Waals surface area contributed by atoms with Gasteiger partial charge in [0, 0.05) is 16.6 Å². The van der Waals surface area contributed by atoms with Crippen LogP contribution in [0, 0.1) is 11.3 Å². The number of nitrogens with zero attached hydrogens (tertiary/aromatic N) is 1. The quantitative estimate of drug-likeness (QED) is 0.913. The molecule has 1 aromatic rings. The molecule has 0 aliphatic rings. The second-order valence-corrected chi connectivity index (χ2v) is 4.10. The number of nitrogens with one attached hydrogen (secondary N) is 1. The molecule has 1 N–H and O–H groups in total. The molecule has 4 heteroatoms. The number of methoxy groups -OCH3 is 1. The third-order valence-corrected chi connectivity index (χ3v) is 2.53. The molecule has 0 heterocycles. The second kappa shape index (κ2) is 5.74. The maximum absolute atomic E-state index is 8.64.